The number of nitrogens with one attached hydrogen (secondary N) is 1. The lowest BCUT2D eigenvalue weighted by Crippen LogP contribution is -2.36. The number of thiophene rings is 1. The van der Waals surface area contributed by atoms with Crippen molar-refractivity contribution in [3.63, 3.8) is 0 Å². The van der Waals surface area contributed by atoms with Gasteiger partial charge in [0.05, 0.1) is 6.04 Å². The quantitative estimate of drug-likeness (QED) is 0.593. The normalized spacial score (nSPS) is 12.0. The number of para-hydroxylation sites is 1. The van der Waals surface area contributed by atoms with Crippen LogP contribution in [0.3, 0.4) is 0 Å². The van der Waals surface area contributed by atoms with E-state index in [1.807, 2.05) is 62.6 Å². The molecule has 2 aromatic carbocycles. The van der Waals surface area contributed by atoms with E-state index < -0.39 is 0 Å². The maximum absolute atomic E-state index is 12.3. The minimum absolute atomic E-state index is 0.0103. The minimum Gasteiger partial charge on any atom is -0.483 e. The molecule has 3 rings (SSSR count). The van der Waals surface area contributed by atoms with E-state index in [9.17, 15) is 4.79 Å². The van der Waals surface area contributed by atoms with Gasteiger partial charge in [-0.25, -0.2) is 0 Å². The molecule has 0 fully saturated rings. The molecule has 0 spiro atoms. The van der Waals surface area contributed by atoms with E-state index in [-0.39, 0.29) is 18.6 Å². The first-order valence-corrected chi connectivity index (χ1v) is 10.2. The Morgan fingerprint density at radius 3 is 2.50 bits per heavy atom. The molecule has 0 aliphatic heterocycles. The Labute approximate surface area is 170 Å². The summed E-state index contributed by atoms with van der Waals surface area (Å²) >= 11 is 1.70. The Morgan fingerprint density at radius 2 is 1.79 bits per heavy atom. The summed E-state index contributed by atoms with van der Waals surface area (Å²) in [5, 5.41) is 5.05. The number of hydrogen-bond donors (Lipinski definition) is 1. The second kappa shape index (κ2) is 10.1. The highest BCUT2D eigenvalue weighted by Crippen LogP contribution is 2.23. The molecule has 0 saturated heterocycles. The maximum atomic E-state index is 12.3. The van der Waals surface area contributed by atoms with Crippen LogP contribution in [-0.4, -0.2) is 38.1 Å². The molecule has 1 heterocycles. The highest BCUT2D eigenvalue weighted by atomic mass is 32.1. The van der Waals surface area contributed by atoms with Gasteiger partial charge in [-0.3, -0.25) is 4.79 Å². The lowest BCUT2D eigenvalue weighted by molar-refractivity contribution is -0.123. The van der Waals surface area contributed by atoms with Crippen LogP contribution in [0.1, 0.15) is 22.0 Å². The summed E-state index contributed by atoms with van der Waals surface area (Å²) < 4.78 is 5.83. The molecule has 5 heteroatoms. The minimum atomic E-state index is -0.113. The monoisotopic (exact) mass is 394 g/mol. The average Bonchev–Trinajstić information content (AvgIpc) is 3.22. The van der Waals surface area contributed by atoms with Gasteiger partial charge in [-0.15, -0.1) is 11.3 Å². The van der Waals surface area contributed by atoms with E-state index in [1.54, 1.807) is 11.3 Å². The Bertz CT molecular complexity index is 863. The zero-order valence-electron chi connectivity index (χ0n) is 16.3. The molecule has 3 aromatic rings. The SMILES string of the molecule is CN(C)[C@@H](CNC(=O)COc1ccccc1Cc1ccccc1)c1cccs1. The van der Waals surface area contributed by atoms with E-state index in [2.05, 4.69) is 33.8 Å². The van der Waals surface area contributed by atoms with Gasteiger partial charge in [-0.05, 0) is 42.7 Å². The van der Waals surface area contributed by atoms with Crippen LogP contribution < -0.4 is 10.1 Å². The van der Waals surface area contributed by atoms with Gasteiger partial charge in [-0.2, -0.15) is 0 Å². The number of likely N-dealkylation sites (N-methyl/N-ethyl adjacent to an activating group) is 1. The third kappa shape index (κ3) is 5.68. The van der Waals surface area contributed by atoms with Gasteiger partial charge in [0, 0.05) is 17.8 Å². The van der Waals surface area contributed by atoms with Crippen LogP contribution in [0.4, 0.5) is 0 Å². The van der Waals surface area contributed by atoms with Gasteiger partial charge in [0.1, 0.15) is 5.75 Å². The predicted octanol–water partition coefficient (Wildman–Crippen LogP) is 4.14. The summed E-state index contributed by atoms with van der Waals surface area (Å²) in [5.41, 5.74) is 2.29. The van der Waals surface area contributed by atoms with Crippen LogP contribution in [0, 0.1) is 0 Å². The molecule has 0 saturated carbocycles. The molecule has 28 heavy (non-hydrogen) atoms. The lowest BCUT2D eigenvalue weighted by Gasteiger charge is -2.23. The van der Waals surface area contributed by atoms with Crippen molar-refractivity contribution in [3.05, 3.63) is 88.1 Å². The predicted molar refractivity (Wildman–Crippen MR) is 115 cm³/mol. The number of nitrogens with zero attached hydrogens (tertiary/aromatic N) is 1. The molecule has 146 valence electrons. The fourth-order valence-corrected chi connectivity index (χ4v) is 3.95. The molecule has 0 radical (unpaired) electrons. The largest absolute Gasteiger partial charge is 0.483 e. The molecule has 1 aromatic heterocycles. The van der Waals surface area contributed by atoms with Crippen molar-refractivity contribution in [3.8, 4) is 5.75 Å². The van der Waals surface area contributed by atoms with Crippen molar-refractivity contribution >= 4 is 17.2 Å². The molecule has 0 aliphatic carbocycles. The first-order chi connectivity index (χ1) is 13.6. The molecule has 1 atom stereocenters. The molecular weight excluding hydrogens is 368 g/mol. The highest BCUT2D eigenvalue weighted by Gasteiger charge is 2.16. The lowest BCUT2D eigenvalue weighted by atomic mass is 10.0. The van der Waals surface area contributed by atoms with Gasteiger partial charge in [0.2, 0.25) is 0 Å². The van der Waals surface area contributed by atoms with Crippen LogP contribution in [0.2, 0.25) is 0 Å². The zero-order valence-corrected chi connectivity index (χ0v) is 17.1. The van der Waals surface area contributed by atoms with Crippen LogP contribution in [0.5, 0.6) is 5.75 Å². The molecule has 1 N–H and O–H groups in total. The van der Waals surface area contributed by atoms with Crippen molar-refractivity contribution in [1.29, 1.82) is 0 Å². The second-order valence-electron chi connectivity index (χ2n) is 6.86. The van der Waals surface area contributed by atoms with E-state index in [0.717, 1.165) is 17.7 Å². The number of benzene rings is 2. The smallest absolute Gasteiger partial charge is 0.258 e. The van der Waals surface area contributed by atoms with Crippen molar-refractivity contribution in [2.24, 2.45) is 0 Å². The fourth-order valence-electron chi connectivity index (χ4n) is 3.03. The van der Waals surface area contributed by atoms with Gasteiger partial charge >= 0.3 is 0 Å². The molecule has 0 aliphatic rings. The van der Waals surface area contributed by atoms with E-state index >= 15 is 0 Å². The van der Waals surface area contributed by atoms with E-state index in [0.29, 0.717) is 6.54 Å². The van der Waals surface area contributed by atoms with Gasteiger partial charge in [0.15, 0.2) is 6.61 Å². The topological polar surface area (TPSA) is 41.6 Å². The van der Waals surface area contributed by atoms with Crippen molar-refractivity contribution in [2.75, 3.05) is 27.2 Å². The standard InChI is InChI=1S/C23H26N2O2S/c1-25(2)20(22-13-8-14-28-22)16-24-23(26)17-27-21-12-7-6-11-19(21)15-18-9-4-3-5-10-18/h3-14,20H,15-17H2,1-2H3,(H,24,26)/t20-/m0/s1. The second-order valence-corrected chi connectivity index (χ2v) is 7.84. The highest BCUT2D eigenvalue weighted by molar-refractivity contribution is 7.10. The first-order valence-electron chi connectivity index (χ1n) is 9.34. The van der Waals surface area contributed by atoms with Crippen molar-refractivity contribution in [1.82, 2.24) is 10.2 Å². The molecule has 0 unspecified atom stereocenters. The average molecular weight is 395 g/mol. The van der Waals surface area contributed by atoms with Gasteiger partial charge in [0.25, 0.3) is 5.91 Å². The summed E-state index contributed by atoms with van der Waals surface area (Å²) in [6, 6.07) is 22.4. The Kier molecular flexibility index (Phi) is 7.23. The Balaban J connectivity index is 1.55. The maximum Gasteiger partial charge on any atom is 0.258 e. The van der Waals surface area contributed by atoms with E-state index in [4.69, 9.17) is 4.74 Å². The van der Waals surface area contributed by atoms with Crippen LogP contribution in [-0.2, 0) is 11.2 Å². The van der Waals surface area contributed by atoms with Crippen molar-refractivity contribution in [2.45, 2.75) is 12.5 Å². The summed E-state index contributed by atoms with van der Waals surface area (Å²) in [4.78, 5) is 15.7. The molecule has 0 bridgehead atoms. The number of amides is 1. The molecule has 1 amide bonds. The summed E-state index contributed by atoms with van der Waals surface area (Å²) in [5.74, 6) is 0.641. The first kappa shape index (κ1) is 20.1. The third-order valence-corrected chi connectivity index (χ3v) is 5.53. The summed E-state index contributed by atoms with van der Waals surface area (Å²) in [6.07, 6.45) is 0.777. The Hall–Kier alpha value is -2.63. The molecular formula is C23H26N2O2S. The van der Waals surface area contributed by atoms with Crippen molar-refractivity contribution < 1.29 is 9.53 Å². The number of rotatable bonds is 9. The van der Waals surface area contributed by atoms with E-state index in [1.165, 1.54) is 10.4 Å². The number of hydrogen-bond acceptors (Lipinski definition) is 4. The Morgan fingerprint density at radius 1 is 1.04 bits per heavy atom. The number of carbonyl (C=O) groups excluding carboxylic acids is 1. The number of carbonyl (C=O) groups is 1. The van der Waals surface area contributed by atoms with Gasteiger partial charge < -0.3 is 15.0 Å². The summed E-state index contributed by atoms with van der Waals surface area (Å²) in [7, 11) is 4.04. The van der Waals surface area contributed by atoms with Crippen LogP contribution in [0.25, 0.3) is 0 Å². The van der Waals surface area contributed by atoms with Crippen LogP contribution in [0.15, 0.2) is 72.1 Å². The molecule has 4 nitrogen and oxygen atoms in total. The third-order valence-electron chi connectivity index (χ3n) is 4.56. The van der Waals surface area contributed by atoms with Crippen LogP contribution >= 0.6 is 11.3 Å². The zero-order chi connectivity index (χ0) is 19.8. The summed E-state index contributed by atoms with van der Waals surface area (Å²) in [6.45, 7) is 0.567. The fraction of sp³-hybridized carbons (Fsp3) is 0.261. The number of ether oxygens (including phenoxy) is 1. The van der Waals surface area contributed by atoms with Gasteiger partial charge in [-0.1, -0.05) is 54.6 Å².